The molecule has 1 unspecified atom stereocenters. The molecule has 0 saturated carbocycles. The second-order valence-electron chi connectivity index (χ2n) is 4.81. The molecule has 5 nitrogen and oxygen atoms in total. The zero-order valence-corrected chi connectivity index (χ0v) is 12.2. The fourth-order valence-corrected chi connectivity index (χ4v) is 2.99. The van der Waals surface area contributed by atoms with Crippen LogP contribution in [-0.4, -0.2) is 21.0 Å². The number of hydrogen-bond acceptors (Lipinski definition) is 5. The molecule has 2 aromatic rings. The molecule has 2 rings (SSSR count). The number of nitrogens with one attached hydrogen (secondary N) is 1. The smallest absolute Gasteiger partial charge is 0.339 e. The quantitative estimate of drug-likeness (QED) is 0.856. The Balaban J connectivity index is 2.13. The predicted molar refractivity (Wildman–Crippen MR) is 77.7 cm³/mol. The van der Waals surface area contributed by atoms with Crippen molar-refractivity contribution in [1.82, 2.24) is 15.3 Å². The van der Waals surface area contributed by atoms with E-state index in [9.17, 15) is 4.79 Å². The van der Waals surface area contributed by atoms with Crippen molar-refractivity contribution in [1.29, 1.82) is 0 Å². The summed E-state index contributed by atoms with van der Waals surface area (Å²) < 4.78 is 0. The molecule has 0 radical (unpaired) electrons. The number of rotatable bonds is 6. The van der Waals surface area contributed by atoms with Gasteiger partial charge >= 0.3 is 5.97 Å². The van der Waals surface area contributed by atoms with E-state index in [1.54, 1.807) is 11.3 Å². The second kappa shape index (κ2) is 6.58. The first-order valence-corrected chi connectivity index (χ1v) is 7.26. The molecule has 0 aliphatic carbocycles. The summed E-state index contributed by atoms with van der Waals surface area (Å²) >= 11 is 1.69. The first-order valence-electron chi connectivity index (χ1n) is 6.38. The number of nitrogens with zero attached hydrogens (tertiary/aromatic N) is 2. The summed E-state index contributed by atoms with van der Waals surface area (Å²) in [5.74, 6) is -0.594. The maximum Gasteiger partial charge on any atom is 0.339 e. The van der Waals surface area contributed by atoms with Crippen molar-refractivity contribution in [2.24, 2.45) is 5.92 Å². The Bertz CT molecular complexity index is 570. The third-order valence-corrected chi connectivity index (χ3v) is 3.99. The number of aromatic carboxylic acids is 1. The van der Waals surface area contributed by atoms with Crippen LogP contribution >= 0.6 is 11.3 Å². The average molecular weight is 291 g/mol. The van der Waals surface area contributed by atoms with Crippen molar-refractivity contribution in [3.8, 4) is 0 Å². The molecule has 0 spiro atoms. The van der Waals surface area contributed by atoms with Gasteiger partial charge in [0.05, 0.1) is 5.69 Å². The lowest BCUT2D eigenvalue weighted by Gasteiger charge is -2.21. The van der Waals surface area contributed by atoms with Crippen LogP contribution in [0.5, 0.6) is 0 Å². The van der Waals surface area contributed by atoms with Crippen LogP contribution in [0.1, 0.15) is 40.8 Å². The highest BCUT2D eigenvalue weighted by Gasteiger charge is 2.18. The van der Waals surface area contributed by atoms with Gasteiger partial charge in [0, 0.05) is 23.7 Å². The van der Waals surface area contributed by atoms with Crippen molar-refractivity contribution in [2.45, 2.75) is 26.4 Å². The fourth-order valence-electron chi connectivity index (χ4n) is 2.01. The van der Waals surface area contributed by atoms with E-state index in [-0.39, 0.29) is 11.6 Å². The lowest BCUT2D eigenvalue weighted by Crippen LogP contribution is -2.26. The predicted octanol–water partition coefficient (Wildman–Crippen LogP) is 2.72. The van der Waals surface area contributed by atoms with Gasteiger partial charge in [-0.15, -0.1) is 11.3 Å². The van der Waals surface area contributed by atoms with Gasteiger partial charge in [0.1, 0.15) is 11.9 Å². The molecule has 20 heavy (non-hydrogen) atoms. The van der Waals surface area contributed by atoms with E-state index in [0.717, 1.165) is 0 Å². The van der Waals surface area contributed by atoms with E-state index in [4.69, 9.17) is 5.11 Å². The molecule has 0 bridgehead atoms. The molecule has 2 N–H and O–H groups in total. The molecule has 0 aliphatic rings. The minimum absolute atomic E-state index is 0.147. The average Bonchev–Trinajstić information content (AvgIpc) is 2.92. The molecule has 0 aliphatic heterocycles. The zero-order chi connectivity index (χ0) is 14.5. The SMILES string of the molecule is CC(C)C(NCc1ncncc1C(=O)O)c1cccs1. The van der Waals surface area contributed by atoms with Gasteiger partial charge in [-0.1, -0.05) is 19.9 Å². The van der Waals surface area contributed by atoms with Crippen molar-refractivity contribution in [3.05, 3.63) is 46.2 Å². The summed E-state index contributed by atoms with van der Waals surface area (Å²) in [6, 6.07) is 4.29. The maximum absolute atomic E-state index is 11.1. The van der Waals surface area contributed by atoms with Crippen molar-refractivity contribution in [2.75, 3.05) is 0 Å². The van der Waals surface area contributed by atoms with Crippen LogP contribution in [0, 0.1) is 5.92 Å². The summed E-state index contributed by atoms with van der Waals surface area (Å²) in [6.07, 6.45) is 2.71. The number of carboxylic acid groups (broad SMARTS) is 1. The number of aromatic nitrogens is 2. The van der Waals surface area contributed by atoms with Crippen LogP contribution in [0.25, 0.3) is 0 Å². The summed E-state index contributed by atoms with van der Waals surface area (Å²) in [4.78, 5) is 20.2. The molecular weight excluding hydrogens is 274 g/mol. The molecule has 6 heteroatoms. The van der Waals surface area contributed by atoms with Crippen LogP contribution < -0.4 is 5.32 Å². The molecule has 0 saturated heterocycles. The van der Waals surface area contributed by atoms with Gasteiger partial charge in [-0.25, -0.2) is 14.8 Å². The van der Waals surface area contributed by atoms with Crippen molar-refractivity contribution in [3.63, 3.8) is 0 Å². The molecule has 1 atom stereocenters. The van der Waals surface area contributed by atoms with Gasteiger partial charge in [0.25, 0.3) is 0 Å². The highest BCUT2D eigenvalue weighted by molar-refractivity contribution is 7.10. The Morgan fingerprint density at radius 2 is 2.30 bits per heavy atom. The minimum Gasteiger partial charge on any atom is -0.478 e. The molecule has 0 amide bonds. The minimum atomic E-state index is -1.00. The summed E-state index contributed by atoms with van der Waals surface area (Å²) in [6.45, 7) is 4.68. The van der Waals surface area contributed by atoms with Crippen LogP contribution in [0.4, 0.5) is 0 Å². The molecule has 2 aromatic heterocycles. The van der Waals surface area contributed by atoms with E-state index in [1.165, 1.54) is 17.4 Å². The normalized spacial score (nSPS) is 12.6. The van der Waals surface area contributed by atoms with Crippen LogP contribution in [0.3, 0.4) is 0 Å². The van der Waals surface area contributed by atoms with E-state index in [2.05, 4.69) is 35.2 Å². The van der Waals surface area contributed by atoms with Gasteiger partial charge in [0.15, 0.2) is 0 Å². The molecule has 0 fully saturated rings. The Kier molecular flexibility index (Phi) is 4.81. The van der Waals surface area contributed by atoms with E-state index >= 15 is 0 Å². The third kappa shape index (κ3) is 3.40. The van der Waals surface area contributed by atoms with Crippen LogP contribution in [0.15, 0.2) is 30.0 Å². The third-order valence-electron chi connectivity index (χ3n) is 3.03. The van der Waals surface area contributed by atoms with Crippen LogP contribution in [0.2, 0.25) is 0 Å². The van der Waals surface area contributed by atoms with Gasteiger partial charge in [-0.3, -0.25) is 0 Å². The highest BCUT2D eigenvalue weighted by atomic mass is 32.1. The Hall–Kier alpha value is -1.79. The second-order valence-corrected chi connectivity index (χ2v) is 5.79. The van der Waals surface area contributed by atoms with Crippen LogP contribution in [-0.2, 0) is 6.54 Å². The standard InChI is InChI=1S/C14H17N3O2S/c1-9(2)13(12-4-3-5-20-12)16-7-11-10(14(18)19)6-15-8-17-11/h3-6,8-9,13,16H,7H2,1-2H3,(H,18,19). The number of hydrogen-bond donors (Lipinski definition) is 2. The van der Waals surface area contributed by atoms with E-state index < -0.39 is 5.97 Å². The molecular formula is C14H17N3O2S. The van der Waals surface area contributed by atoms with Gasteiger partial charge in [0.2, 0.25) is 0 Å². The Labute approximate surface area is 121 Å². The Morgan fingerprint density at radius 1 is 1.50 bits per heavy atom. The van der Waals surface area contributed by atoms with Gasteiger partial charge in [-0.2, -0.15) is 0 Å². The monoisotopic (exact) mass is 291 g/mol. The molecule has 2 heterocycles. The first kappa shape index (κ1) is 14.6. The van der Waals surface area contributed by atoms with Crippen molar-refractivity contribution >= 4 is 17.3 Å². The van der Waals surface area contributed by atoms with E-state index in [1.807, 2.05) is 11.4 Å². The highest BCUT2D eigenvalue weighted by Crippen LogP contribution is 2.26. The molecule has 106 valence electrons. The Morgan fingerprint density at radius 3 is 2.90 bits per heavy atom. The summed E-state index contributed by atoms with van der Waals surface area (Å²) in [7, 11) is 0. The van der Waals surface area contributed by atoms with Gasteiger partial charge < -0.3 is 10.4 Å². The number of carboxylic acids is 1. The largest absolute Gasteiger partial charge is 0.478 e. The summed E-state index contributed by atoms with van der Waals surface area (Å²) in [5.41, 5.74) is 0.656. The van der Waals surface area contributed by atoms with Gasteiger partial charge in [-0.05, 0) is 17.4 Å². The number of carbonyl (C=O) groups is 1. The first-order chi connectivity index (χ1) is 9.59. The van der Waals surface area contributed by atoms with Crippen molar-refractivity contribution < 1.29 is 9.90 Å². The number of thiophene rings is 1. The maximum atomic E-state index is 11.1. The zero-order valence-electron chi connectivity index (χ0n) is 11.4. The summed E-state index contributed by atoms with van der Waals surface area (Å²) in [5, 5.41) is 14.5. The lowest BCUT2D eigenvalue weighted by molar-refractivity contribution is 0.0694. The van der Waals surface area contributed by atoms with E-state index in [0.29, 0.717) is 18.2 Å². The topological polar surface area (TPSA) is 75.1 Å². The lowest BCUT2D eigenvalue weighted by atomic mass is 10.0. The molecule has 0 aromatic carbocycles. The fraction of sp³-hybridized carbons (Fsp3) is 0.357.